The Kier molecular flexibility index (Phi) is 8.54. The van der Waals surface area contributed by atoms with Crippen molar-refractivity contribution in [3.8, 4) is 0 Å². The molecule has 1 saturated carbocycles. The molecule has 0 amide bonds. The average molecular weight is 301 g/mol. The molecule has 1 fully saturated rings. The maximum Gasteiger partial charge on any atom is 0.00719 e. The smallest absolute Gasteiger partial charge is 0.00719 e. The van der Waals surface area contributed by atoms with E-state index in [1.54, 1.807) is 0 Å². The predicted molar refractivity (Wildman–Crippen MR) is 93.7 cm³/mol. The van der Waals surface area contributed by atoms with Crippen molar-refractivity contribution in [3.63, 3.8) is 0 Å². The van der Waals surface area contributed by atoms with Crippen LogP contribution in [0.5, 0.6) is 0 Å². The second-order valence-corrected chi connectivity index (χ2v) is 8.01. The van der Waals surface area contributed by atoms with Crippen LogP contribution in [0.2, 0.25) is 0 Å². The van der Waals surface area contributed by atoms with Crippen molar-refractivity contribution >= 4 is 11.8 Å². The van der Waals surface area contributed by atoms with E-state index >= 15 is 0 Å². The Morgan fingerprint density at radius 3 is 2.80 bits per heavy atom. The summed E-state index contributed by atoms with van der Waals surface area (Å²) >= 11 is 1.97. The zero-order chi connectivity index (χ0) is 15.0. The van der Waals surface area contributed by atoms with Crippen LogP contribution in [0.25, 0.3) is 0 Å². The van der Waals surface area contributed by atoms with E-state index < -0.39 is 0 Å². The number of nitrogens with zero attached hydrogens (tertiary/aromatic N) is 1. The minimum absolute atomic E-state index is 0.510. The average Bonchev–Trinajstić information content (AvgIpc) is 2.42. The van der Waals surface area contributed by atoms with Gasteiger partial charge in [0.2, 0.25) is 0 Å². The summed E-state index contributed by atoms with van der Waals surface area (Å²) in [4.78, 5) is 2.62. The summed E-state index contributed by atoms with van der Waals surface area (Å²) in [7, 11) is 2.33. The lowest BCUT2D eigenvalue weighted by atomic mass is 9.69. The van der Waals surface area contributed by atoms with E-state index in [1.165, 1.54) is 50.9 Å². The first-order valence-electron chi connectivity index (χ1n) is 8.43. The van der Waals surface area contributed by atoms with Gasteiger partial charge in [-0.15, -0.1) is 0 Å². The fourth-order valence-corrected chi connectivity index (χ4v) is 4.29. The lowest BCUT2D eigenvalue weighted by Gasteiger charge is -2.44. The zero-order valence-corrected chi connectivity index (χ0v) is 15.2. The van der Waals surface area contributed by atoms with Gasteiger partial charge in [-0.1, -0.05) is 26.7 Å². The first-order chi connectivity index (χ1) is 9.53. The first-order valence-corrected chi connectivity index (χ1v) is 9.82. The van der Waals surface area contributed by atoms with Gasteiger partial charge in [0.25, 0.3) is 0 Å². The summed E-state index contributed by atoms with van der Waals surface area (Å²) in [5.74, 6) is 2.18. The van der Waals surface area contributed by atoms with Crippen molar-refractivity contribution < 1.29 is 0 Å². The van der Waals surface area contributed by atoms with Crippen molar-refractivity contribution in [1.82, 2.24) is 10.2 Å². The van der Waals surface area contributed by atoms with Gasteiger partial charge in [-0.25, -0.2) is 0 Å². The van der Waals surface area contributed by atoms with Gasteiger partial charge in [0.15, 0.2) is 0 Å². The van der Waals surface area contributed by atoms with Gasteiger partial charge in [0.1, 0.15) is 0 Å². The second-order valence-electron chi connectivity index (χ2n) is 7.03. The summed E-state index contributed by atoms with van der Waals surface area (Å²) in [5.41, 5.74) is 0.510. The largest absolute Gasteiger partial charge is 0.316 e. The first kappa shape index (κ1) is 18.3. The summed E-state index contributed by atoms with van der Waals surface area (Å²) in [5, 5.41) is 3.64. The summed E-state index contributed by atoms with van der Waals surface area (Å²) in [6.07, 6.45) is 9.18. The number of thioether (sulfide) groups is 1. The van der Waals surface area contributed by atoms with Crippen LogP contribution >= 0.6 is 11.8 Å². The van der Waals surface area contributed by atoms with Crippen molar-refractivity contribution in [2.24, 2.45) is 11.3 Å². The summed E-state index contributed by atoms with van der Waals surface area (Å²) in [6.45, 7) is 10.6. The molecule has 0 radical (unpaired) electrons. The molecule has 3 atom stereocenters. The molecule has 0 bridgehead atoms. The third kappa shape index (κ3) is 5.95. The molecular weight excluding hydrogens is 264 g/mol. The minimum atomic E-state index is 0.510. The lowest BCUT2D eigenvalue weighted by molar-refractivity contribution is 0.0758. The van der Waals surface area contributed by atoms with Gasteiger partial charge in [-0.3, -0.25) is 0 Å². The van der Waals surface area contributed by atoms with E-state index in [2.05, 4.69) is 44.3 Å². The molecule has 0 aromatic carbocycles. The van der Waals surface area contributed by atoms with Crippen molar-refractivity contribution in [1.29, 1.82) is 0 Å². The topological polar surface area (TPSA) is 15.3 Å². The number of hydrogen-bond donors (Lipinski definition) is 1. The molecule has 0 spiro atoms. The Bertz CT molecular complexity index is 259. The van der Waals surface area contributed by atoms with Crippen LogP contribution in [0.15, 0.2) is 0 Å². The van der Waals surface area contributed by atoms with Crippen LogP contribution in [0, 0.1) is 11.3 Å². The maximum absolute atomic E-state index is 3.64. The number of hydrogen-bond acceptors (Lipinski definition) is 3. The van der Waals surface area contributed by atoms with Crippen LogP contribution in [-0.4, -0.2) is 49.6 Å². The predicted octanol–water partition coefficient (Wildman–Crippen LogP) is 3.87. The Labute approximate surface area is 131 Å². The van der Waals surface area contributed by atoms with E-state index in [4.69, 9.17) is 0 Å². The Balaban J connectivity index is 2.58. The minimum Gasteiger partial charge on any atom is -0.316 e. The van der Waals surface area contributed by atoms with Gasteiger partial charge in [0, 0.05) is 19.1 Å². The fraction of sp³-hybridized carbons (Fsp3) is 1.00. The highest BCUT2D eigenvalue weighted by molar-refractivity contribution is 7.98. The molecule has 3 heteroatoms. The SMILES string of the molecule is CCNCC1(CN(C)C(C)CCSC)CCCC(C)C1. The Morgan fingerprint density at radius 1 is 1.45 bits per heavy atom. The molecule has 2 nitrogen and oxygen atoms in total. The summed E-state index contributed by atoms with van der Waals surface area (Å²) < 4.78 is 0. The highest BCUT2D eigenvalue weighted by Crippen LogP contribution is 2.39. The standard InChI is InChI=1S/C17H36N2S/c1-6-18-13-17(10-7-8-15(2)12-17)14-19(4)16(3)9-11-20-5/h15-16,18H,6-14H2,1-5H3. The summed E-state index contributed by atoms with van der Waals surface area (Å²) in [6, 6.07) is 0.707. The molecule has 3 unspecified atom stereocenters. The van der Waals surface area contributed by atoms with Crippen LogP contribution in [0.1, 0.15) is 52.9 Å². The molecule has 0 aromatic rings. The number of nitrogens with one attached hydrogen (secondary N) is 1. The third-order valence-electron chi connectivity index (χ3n) is 5.01. The van der Waals surface area contributed by atoms with Gasteiger partial charge in [-0.05, 0) is 63.1 Å². The van der Waals surface area contributed by atoms with Gasteiger partial charge < -0.3 is 10.2 Å². The third-order valence-corrected chi connectivity index (χ3v) is 5.66. The fourth-order valence-electron chi connectivity index (χ4n) is 3.71. The lowest BCUT2D eigenvalue weighted by Crippen LogP contribution is -2.47. The highest BCUT2D eigenvalue weighted by Gasteiger charge is 2.36. The molecule has 0 aromatic heterocycles. The number of rotatable bonds is 9. The molecule has 1 aliphatic rings. The van der Waals surface area contributed by atoms with Crippen LogP contribution in [-0.2, 0) is 0 Å². The van der Waals surface area contributed by atoms with Crippen molar-refractivity contribution in [3.05, 3.63) is 0 Å². The molecule has 0 saturated heterocycles. The monoisotopic (exact) mass is 300 g/mol. The molecule has 1 aliphatic carbocycles. The quantitative estimate of drug-likeness (QED) is 0.696. The van der Waals surface area contributed by atoms with E-state index in [0.717, 1.165) is 12.5 Å². The van der Waals surface area contributed by atoms with E-state index in [9.17, 15) is 0 Å². The van der Waals surface area contributed by atoms with Gasteiger partial charge >= 0.3 is 0 Å². The van der Waals surface area contributed by atoms with Crippen molar-refractivity contribution in [2.45, 2.75) is 58.9 Å². The van der Waals surface area contributed by atoms with Crippen LogP contribution in [0.4, 0.5) is 0 Å². The van der Waals surface area contributed by atoms with Gasteiger partial charge in [0.05, 0.1) is 0 Å². The molecule has 120 valence electrons. The molecule has 1 rings (SSSR count). The molecule has 0 heterocycles. The molecule has 20 heavy (non-hydrogen) atoms. The Morgan fingerprint density at radius 2 is 2.20 bits per heavy atom. The van der Waals surface area contributed by atoms with Crippen LogP contribution in [0.3, 0.4) is 0 Å². The second kappa shape index (κ2) is 9.32. The van der Waals surface area contributed by atoms with E-state index in [1.807, 2.05) is 11.8 Å². The molecular formula is C17H36N2S. The van der Waals surface area contributed by atoms with Crippen LogP contribution < -0.4 is 5.32 Å². The normalized spacial score (nSPS) is 28.8. The maximum atomic E-state index is 3.64. The van der Waals surface area contributed by atoms with E-state index in [-0.39, 0.29) is 0 Å². The van der Waals surface area contributed by atoms with E-state index in [0.29, 0.717) is 11.5 Å². The molecule has 0 aliphatic heterocycles. The molecule has 1 N–H and O–H groups in total. The Hall–Kier alpha value is 0.270. The van der Waals surface area contributed by atoms with Gasteiger partial charge in [-0.2, -0.15) is 11.8 Å². The van der Waals surface area contributed by atoms with Crippen molar-refractivity contribution in [2.75, 3.05) is 38.7 Å². The zero-order valence-electron chi connectivity index (χ0n) is 14.4. The highest BCUT2D eigenvalue weighted by atomic mass is 32.2.